The lowest BCUT2D eigenvalue weighted by Gasteiger charge is -2.20. The number of benzene rings is 1. The van der Waals surface area contributed by atoms with Crippen molar-refractivity contribution >= 4 is 21.9 Å². The van der Waals surface area contributed by atoms with E-state index in [9.17, 15) is 9.90 Å². The molecule has 98 valence electrons. The second kappa shape index (κ2) is 4.46. The smallest absolute Gasteiger partial charge is 0.314 e. The molecule has 0 bridgehead atoms. The predicted octanol–water partition coefficient (Wildman–Crippen LogP) is 2.89. The third-order valence-corrected chi connectivity index (χ3v) is 4.20. The number of carbonyl (C=O) groups is 1. The third-order valence-electron chi connectivity index (χ3n) is 3.45. The molecule has 1 aliphatic rings. The quantitative estimate of drug-likeness (QED) is 0.928. The van der Waals surface area contributed by atoms with Gasteiger partial charge in [0.05, 0.1) is 24.1 Å². The molecule has 18 heavy (non-hydrogen) atoms. The first-order valence-electron chi connectivity index (χ1n) is 5.63. The molecule has 0 spiro atoms. The van der Waals surface area contributed by atoms with Gasteiger partial charge in [-0.1, -0.05) is 0 Å². The van der Waals surface area contributed by atoms with Crippen molar-refractivity contribution < 1.29 is 19.4 Å². The molecule has 1 saturated carbocycles. The van der Waals surface area contributed by atoms with E-state index in [0.29, 0.717) is 28.8 Å². The van der Waals surface area contributed by atoms with Crippen molar-refractivity contribution in [3.05, 3.63) is 21.7 Å². The Morgan fingerprint density at radius 1 is 1.39 bits per heavy atom. The molecule has 0 atom stereocenters. The molecule has 1 aromatic carbocycles. The molecule has 4 nitrogen and oxygen atoms in total. The van der Waals surface area contributed by atoms with Gasteiger partial charge in [0.2, 0.25) is 0 Å². The molecule has 5 heteroatoms. The van der Waals surface area contributed by atoms with Gasteiger partial charge in [-0.3, -0.25) is 4.79 Å². The van der Waals surface area contributed by atoms with Crippen LogP contribution in [0, 0.1) is 6.92 Å². The van der Waals surface area contributed by atoms with Crippen LogP contribution in [-0.2, 0) is 10.2 Å². The van der Waals surface area contributed by atoms with E-state index in [1.165, 1.54) is 0 Å². The van der Waals surface area contributed by atoms with Crippen LogP contribution in [0.2, 0.25) is 0 Å². The van der Waals surface area contributed by atoms with Crippen molar-refractivity contribution in [1.82, 2.24) is 0 Å². The molecule has 2 rings (SSSR count). The Balaban J connectivity index is 2.66. The van der Waals surface area contributed by atoms with Crippen LogP contribution < -0.4 is 9.47 Å². The monoisotopic (exact) mass is 314 g/mol. The van der Waals surface area contributed by atoms with E-state index in [2.05, 4.69) is 15.9 Å². The zero-order valence-electron chi connectivity index (χ0n) is 10.5. The molecule has 0 heterocycles. The molecule has 0 radical (unpaired) electrons. The molecule has 1 aliphatic carbocycles. The van der Waals surface area contributed by atoms with Crippen LogP contribution >= 0.6 is 15.9 Å². The maximum absolute atomic E-state index is 11.4. The molecular formula is C13H15BrO4. The fraction of sp³-hybridized carbons (Fsp3) is 0.462. The Hall–Kier alpha value is -1.23. The van der Waals surface area contributed by atoms with Gasteiger partial charge in [0.15, 0.2) is 11.5 Å². The molecule has 0 aliphatic heterocycles. The number of rotatable bonds is 4. The Morgan fingerprint density at radius 3 is 2.39 bits per heavy atom. The molecule has 1 fully saturated rings. The Kier molecular flexibility index (Phi) is 3.27. The lowest BCUT2D eigenvalue weighted by molar-refractivity contribution is -0.140. The van der Waals surface area contributed by atoms with Gasteiger partial charge in [0.1, 0.15) is 0 Å². The van der Waals surface area contributed by atoms with Gasteiger partial charge in [0.25, 0.3) is 0 Å². The van der Waals surface area contributed by atoms with Gasteiger partial charge in [-0.05, 0) is 52.9 Å². The summed E-state index contributed by atoms with van der Waals surface area (Å²) < 4.78 is 11.2. The zero-order chi connectivity index (χ0) is 13.5. The van der Waals surface area contributed by atoms with Gasteiger partial charge in [0, 0.05) is 0 Å². The van der Waals surface area contributed by atoms with Crippen molar-refractivity contribution in [2.75, 3.05) is 14.2 Å². The van der Waals surface area contributed by atoms with Gasteiger partial charge in [-0.2, -0.15) is 0 Å². The van der Waals surface area contributed by atoms with Crippen LogP contribution in [0.1, 0.15) is 24.0 Å². The lowest BCUT2D eigenvalue weighted by Crippen LogP contribution is -2.21. The van der Waals surface area contributed by atoms with Crippen LogP contribution in [0.4, 0.5) is 0 Å². The normalized spacial score (nSPS) is 16.2. The summed E-state index contributed by atoms with van der Waals surface area (Å²) in [4.78, 5) is 11.4. The summed E-state index contributed by atoms with van der Waals surface area (Å²) >= 11 is 3.46. The lowest BCUT2D eigenvalue weighted by atomic mass is 9.91. The first-order chi connectivity index (χ1) is 8.47. The summed E-state index contributed by atoms with van der Waals surface area (Å²) in [5, 5.41) is 9.40. The average molecular weight is 315 g/mol. The summed E-state index contributed by atoms with van der Waals surface area (Å²) in [6.45, 7) is 1.89. The van der Waals surface area contributed by atoms with Crippen LogP contribution in [-0.4, -0.2) is 25.3 Å². The van der Waals surface area contributed by atoms with Crippen molar-refractivity contribution in [2.24, 2.45) is 0 Å². The summed E-state index contributed by atoms with van der Waals surface area (Å²) in [6, 6.07) is 1.82. The average Bonchev–Trinajstić information content (AvgIpc) is 3.09. The number of carboxylic acids is 1. The second-order valence-electron chi connectivity index (χ2n) is 4.51. The number of carboxylic acid groups (broad SMARTS) is 1. The van der Waals surface area contributed by atoms with Crippen molar-refractivity contribution in [2.45, 2.75) is 25.2 Å². The number of aryl methyl sites for hydroxylation is 1. The zero-order valence-corrected chi connectivity index (χ0v) is 12.1. The number of methoxy groups -OCH3 is 2. The summed E-state index contributed by atoms with van der Waals surface area (Å²) in [6.07, 6.45) is 1.33. The minimum Gasteiger partial charge on any atom is -0.493 e. The Morgan fingerprint density at radius 2 is 2.00 bits per heavy atom. The standard InChI is InChI=1S/C13H15BrO4/c1-7-6-8(17-2)11(18-3)10(14)9(7)13(4-5-13)12(15)16/h6H,4-5H2,1-3H3,(H,15,16). The van der Waals surface area contributed by atoms with E-state index >= 15 is 0 Å². The van der Waals surface area contributed by atoms with Crippen molar-refractivity contribution in [1.29, 1.82) is 0 Å². The van der Waals surface area contributed by atoms with E-state index in [1.54, 1.807) is 14.2 Å². The fourth-order valence-electron chi connectivity index (χ4n) is 2.35. The second-order valence-corrected chi connectivity index (χ2v) is 5.30. The molecule has 1 aromatic rings. The highest BCUT2D eigenvalue weighted by Gasteiger charge is 2.54. The summed E-state index contributed by atoms with van der Waals surface area (Å²) in [7, 11) is 3.11. The number of halogens is 1. The topological polar surface area (TPSA) is 55.8 Å². The molecule has 0 aromatic heterocycles. The van der Waals surface area contributed by atoms with Crippen LogP contribution in [0.15, 0.2) is 10.5 Å². The first kappa shape index (κ1) is 13.2. The minimum absolute atomic E-state index is 0.547. The fourth-order valence-corrected chi connectivity index (χ4v) is 3.40. The van der Waals surface area contributed by atoms with E-state index in [-0.39, 0.29) is 0 Å². The number of aliphatic carboxylic acids is 1. The highest BCUT2D eigenvalue weighted by atomic mass is 79.9. The maximum Gasteiger partial charge on any atom is 0.314 e. The van der Waals surface area contributed by atoms with Crippen LogP contribution in [0.25, 0.3) is 0 Å². The maximum atomic E-state index is 11.4. The Labute approximate surface area is 114 Å². The Bertz CT molecular complexity index is 506. The number of hydrogen-bond acceptors (Lipinski definition) is 3. The van der Waals surface area contributed by atoms with E-state index < -0.39 is 11.4 Å². The van der Waals surface area contributed by atoms with Crippen LogP contribution in [0.5, 0.6) is 11.5 Å². The van der Waals surface area contributed by atoms with Gasteiger partial charge in [-0.25, -0.2) is 0 Å². The van der Waals surface area contributed by atoms with E-state index in [0.717, 1.165) is 11.1 Å². The summed E-state index contributed by atoms with van der Waals surface area (Å²) in [5.74, 6) is 0.371. The molecule has 0 amide bonds. The number of ether oxygens (including phenoxy) is 2. The molecular weight excluding hydrogens is 300 g/mol. The first-order valence-corrected chi connectivity index (χ1v) is 6.42. The predicted molar refractivity (Wildman–Crippen MR) is 70.5 cm³/mol. The van der Waals surface area contributed by atoms with Crippen LogP contribution in [0.3, 0.4) is 0 Å². The highest BCUT2D eigenvalue weighted by molar-refractivity contribution is 9.10. The van der Waals surface area contributed by atoms with Gasteiger partial charge in [-0.15, -0.1) is 0 Å². The molecule has 1 N–H and O–H groups in total. The molecule has 0 unspecified atom stereocenters. The minimum atomic E-state index is -0.779. The number of hydrogen-bond donors (Lipinski definition) is 1. The van der Waals surface area contributed by atoms with Crippen molar-refractivity contribution in [3.8, 4) is 11.5 Å². The largest absolute Gasteiger partial charge is 0.493 e. The third kappa shape index (κ3) is 1.77. The SMILES string of the molecule is COc1cc(C)c(C2(C(=O)O)CC2)c(Br)c1OC. The van der Waals surface area contributed by atoms with E-state index in [4.69, 9.17) is 9.47 Å². The summed E-state index contributed by atoms with van der Waals surface area (Å²) in [5.41, 5.74) is 0.940. The highest BCUT2D eigenvalue weighted by Crippen LogP contribution is 2.55. The van der Waals surface area contributed by atoms with Gasteiger partial charge < -0.3 is 14.6 Å². The van der Waals surface area contributed by atoms with E-state index in [1.807, 2.05) is 13.0 Å². The van der Waals surface area contributed by atoms with Crippen molar-refractivity contribution in [3.63, 3.8) is 0 Å². The molecule has 0 saturated heterocycles. The van der Waals surface area contributed by atoms with Gasteiger partial charge >= 0.3 is 5.97 Å².